The minimum atomic E-state index is -0.267. The predicted octanol–water partition coefficient (Wildman–Crippen LogP) is 2.85. The average Bonchev–Trinajstić information content (AvgIpc) is 2.62. The zero-order valence-electron chi connectivity index (χ0n) is 14.0. The molecule has 0 aliphatic rings. The van der Waals surface area contributed by atoms with Gasteiger partial charge in [-0.1, -0.05) is 31.2 Å². The summed E-state index contributed by atoms with van der Waals surface area (Å²) >= 11 is 0. The third kappa shape index (κ3) is 4.20. The fourth-order valence-electron chi connectivity index (χ4n) is 2.41. The maximum absolute atomic E-state index is 12.6. The van der Waals surface area contributed by atoms with Crippen LogP contribution >= 0.6 is 0 Å². The molecule has 0 fully saturated rings. The summed E-state index contributed by atoms with van der Waals surface area (Å²) in [6, 6.07) is 14.4. The van der Waals surface area contributed by atoms with Gasteiger partial charge in [0.25, 0.3) is 5.91 Å². The monoisotopic (exact) mass is 326 g/mol. The molecule has 0 aliphatic heterocycles. The van der Waals surface area contributed by atoms with Crippen LogP contribution in [0.4, 0.5) is 11.4 Å². The lowest BCUT2D eigenvalue weighted by Crippen LogP contribution is -2.27. The molecule has 2 N–H and O–H groups in total. The van der Waals surface area contributed by atoms with Gasteiger partial charge in [0.1, 0.15) is 0 Å². The van der Waals surface area contributed by atoms with E-state index in [9.17, 15) is 9.59 Å². The molecule has 2 rings (SSSR count). The van der Waals surface area contributed by atoms with E-state index in [2.05, 4.69) is 5.32 Å². The van der Waals surface area contributed by atoms with Gasteiger partial charge in [-0.2, -0.15) is 0 Å². The number of carbonyl (C=O) groups is 2. The molecule has 126 valence electrons. The summed E-state index contributed by atoms with van der Waals surface area (Å²) in [5.41, 5.74) is 2.70. The first-order valence-corrected chi connectivity index (χ1v) is 7.93. The van der Waals surface area contributed by atoms with Gasteiger partial charge in [0, 0.05) is 25.8 Å². The van der Waals surface area contributed by atoms with Gasteiger partial charge in [-0.15, -0.1) is 0 Å². The molecule has 24 heavy (non-hydrogen) atoms. The lowest BCUT2D eigenvalue weighted by Gasteiger charge is -2.19. The molecule has 2 aromatic carbocycles. The van der Waals surface area contributed by atoms with Crippen LogP contribution in [0.15, 0.2) is 48.5 Å². The Kier molecular flexibility index (Phi) is 6.09. The molecule has 5 nitrogen and oxygen atoms in total. The number of anilines is 2. The van der Waals surface area contributed by atoms with E-state index in [-0.39, 0.29) is 18.4 Å². The summed E-state index contributed by atoms with van der Waals surface area (Å²) in [7, 11) is 1.67. The van der Waals surface area contributed by atoms with E-state index in [1.54, 1.807) is 50.4 Å². The second-order valence-electron chi connectivity index (χ2n) is 5.45. The number of hydrogen-bond donors (Lipinski definition) is 2. The highest BCUT2D eigenvalue weighted by Crippen LogP contribution is 2.21. The normalized spacial score (nSPS) is 10.3. The summed E-state index contributed by atoms with van der Waals surface area (Å²) in [5, 5.41) is 11.8. The van der Waals surface area contributed by atoms with E-state index in [1.165, 1.54) is 4.90 Å². The second kappa shape index (κ2) is 8.26. The Morgan fingerprint density at radius 2 is 1.75 bits per heavy atom. The first kappa shape index (κ1) is 17.7. The Bertz CT molecular complexity index is 711. The molecule has 2 amide bonds. The molecular formula is C19H22N2O3. The molecule has 2 aromatic rings. The Labute approximate surface area is 141 Å². The number of rotatable bonds is 6. The minimum Gasteiger partial charge on any atom is -0.396 e. The minimum absolute atomic E-state index is 0.0522. The van der Waals surface area contributed by atoms with Crippen molar-refractivity contribution in [3.8, 4) is 0 Å². The second-order valence-corrected chi connectivity index (χ2v) is 5.45. The smallest absolute Gasteiger partial charge is 0.257 e. The molecule has 0 radical (unpaired) electrons. The van der Waals surface area contributed by atoms with E-state index >= 15 is 0 Å². The van der Waals surface area contributed by atoms with E-state index in [0.717, 1.165) is 5.56 Å². The van der Waals surface area contributed by atoms with E-state index in [0.29, 0.717) is 29.8 Å². The number of aliphatic hydroxyl groups is 1. The highest BCUT2D eigenvalue weighted by Gasteiger charge is 2.17. The standard InChI is InChI=1S/C19H22N2O3/c1-3-18(23)21(2)17-7-5-4-6-16(17)19(24)20-15-10-8-14(9-11-15)12-13-22/h4-11,22H,3,12-13H2,1-2H3,(H,20,24). The number of nitrogens with zero attached hydrogens (tertiary/aromatic N) is 1. The van der Waals surface area contributed by atoms with Crippen LogP contribution in [0.5, 0.6) is 0 Å². The topological polar surface area (TPSA) is 69.6 Å². The van der Waals surface area contributed by atoms with Crippen LogP contribution in [0.25, 0.3) is 0 Å². The van der Waals surface area contributed by atoms with E-state index < -0.39 is 0 Å². The Balaban J connectivity index is 2.19. The molecule has 5 heteroatoms. The first-order valence-electron chi connectivity index (χ1n) is 7.93. The number of para-hydroxylation sites is 1. The van der Waals surface area contributed by atoms with Crippen molar-refractivity contribution in [3.63, 3.8) is 0 Å². The van der Waals surface area contributed by atoms with Gasteiger partial charge < -0.3 is 15.3 Å². The van der Waals surface area contributed by atoms with Crippen molar-refractivity contribution in [1.29, 1.82) is 0 Å². The Morgan fingerprint density at radius 3 is 2.38 bits per heavy atom. The molecule has 0 aromatic heterocycles. The van der Waals surface area contributed by atoms with Crippen molar-refractivity contribution >= 4 is 23.2 Å². The van der Waals surface area contributed by atoms with Gasteiger partial charge in [0.05, 0.1) is 11.3 Å². The van der Waals surface area contributed by atoms with Crippen molar-refractivity contribution in [2.24, 2.45) is 0 Å². The summed E-state index contributed by atoms with van der Waals surface area (Å²) in [4.78, 5) is 26.0. The maximum atomic E-state index is 12.6. The summed E-state index contributed by atoms with van der Waals surface area (Å²) in [6.07, 6.45) is 0.958. The largest absolute Gasteiger partial charge is 0.396 e. The van der Waals surface area contributed by atoms with E-state index in [4.69, 9.17) is 5.11 Å². The lowest BCUT2D eigenvalue weighted by molar-refractivity contribution is -0.118. The molecule has 0 bridgehead atoms. The lowest BCUT2D eigenvalue weighted by atomic mass is 10.1. The molecule has 0 heterocycles. The quantitative estimate of drug-likeness (QED) is 0.857. The zero-order chi connectivity index (χ0) is 17.5. The van der Waals surface area contributed by atoms with Crippen molar-refractivity contribution in [2.75, 3.05) is 23.9 Å². The van der Waals surface area contributed by atoms with Crippen molar-refractivity contribution in [3.05, 3.63) is 59.7 Å². The molecule has 0 spiro atoms. The number of amides is 2. The maximum Gasteiger partial charge on any atom is 0.257 e. The molecular weight excluding hydrogens is 304 g/mol. The third-order valence-corrected chi connectivity index (χ3v) is 3.80. The molecule has 0 saturated heterocycles. The highest BCUT2D eigenvalue weighted by molar-refractivity contribution is 6.10. The van der Waals surface area contributed by atoms with Crippen molar-refractivity contribution < 1.29 is 14.7 Å². The van der Waals surface area contributed by atoms with Crippen LogP contribution in [0.1, 0.15) is 29.3 Å². The SMILES string of the molecule is CCC(=O)N(C)c1ccccc1C(=O)Nc1ccc(CCO)cc1. The van der Waals surface area contributed by atoms with Gasteiger partial charge in [0.15, 0.2) is 0 Å². The molecule has 0 unspecified atom stereocenters. The van der Waals surface area contributed by atoms with Gasteiger partial charge in [-0.25, -0.2) is 0 Å². The Morgan fingerprint density at radius 1 is 1.08 bits per heavy atom. The fraction of sp³-hybridized carbons (Fsp3) is 0.263. The average molecular weight is 326 g/mol. The highest BCUT2D eigenvalue weighted by atomic mass is 16.3. The summed E-state index contributed by atoms with van der Waals surface area (Å²) in [5.74, 6) is -0.320. The van der Waals surface area contributed by atoms with Crippen LogP contribution in [0.3, 0.4) is 0 Å². The van der Waals surface area contributed by atoms with Crippen molar-refractivity contribution in [1.82, 2.24) is 0 Å². The molecule has 0 saturated carbocycles. The number of nitrogens with one attached hydrogen (secondary N) is 1. The summed E-state index contributed by atoms with van der Waals surface area (Å²) in [6.45, 7) is 1.88. The van der Waals surface area contributed by atoms with Gasteiger partial charge in [0.2, 0.25) is 5.91 Å². The zero-order valence-corrected chi connectivity index (χ0v) is 14.0. The van der Waals surface area contributed by atoms with Crippen LogP contribution in [0.2, 0.25) is 0 Å². The van der Waals surface area contributed by atoms with Gasteiger partial charge in [-0.3, -0.25) is 9.59 Å². The third-order valence-electron chi connectivity index (χ3n) is 3.80. The van der Waals surface area contributed by atoms with Gasteiger partial charge in [-0.05, 0) is 36.2 Å². The van der Waals surface area contributed by atoms with Crippen LogP contribution < -0.4 is 10.2 Å². The number of benzene rings is 2. The predicted molar refractivity (Wildman–Crippen MR) is 95.3 cm³/mol. The van der Waals surface area contributed by atoms with Crippen LogP contribution in [0, 0.1) is 0 Å². The molecule has 0 aliphatic carbocycles. The first-order chi connectivity index (χ1) is 11.6. The van der Waals surface area contributed by atoms with Crippen molar-refractivity contribution in [2.45, 2.75) is 19.8 Å². The number of aliphatic hydroxyl groups excluding tert-OH is 1. The van der Waals surface area contributed by atoms with Crippen LogP contribution in [-0.2, 0) is 11.2 Å². The van der Waals surface area contributed by atoms with E-state index in [1.807, 2.05) is 12.1 Å². The number of hydrogen-bond acceptors (Lipinski definition) is 3. The number of carbonyl (C=O) groups excluding carboxylic acids is 2. The fourth-order valence-corrected chi connectivity index (χ4v) is 2.41. The van der Waals surface area contributed by atoms with Crippen LogP contribution in [-0.4, -0.2) is 30.6 Å². The molecule has 0 atom stereocenters. The Hall–Kier alpha value is -2.66. The van der Waals surface area contributed by atoms with Gasteiger partial charge >= 0.3 is 0 Å². The summed E-state index contributed by atoms with van der Waals surface area (Å²) < 4.78 is 0.